The van der Waals surface area contributed by atoms with Crippen molar-refractivity contribution >= 4 is 17.3 Å². The molecular formula is C15H16FN3O2. The Morgan fingerprint density at radius 1 is 1.19 bits per heavy atom. The minimum absolute atomic E-state index is 0.0676. The summed E-state index contributed by atoms with van der Waals surface area (Å²) in [5, 5.41) is 2.52. The van der Waals surface area contributed by atoms with Crippen molar-refractivity contribution in [3.63, 3.8) is 0 Å². The van der Waals surface area contributed by atoms with Gasteiger partial charge in [0.1, 0.15) is 11.6 Å². The molecule has 4 N–H and O–H groups in total. The SMILES string of the molecule is COc1ccc(F)c(NC(=O)c2ccc(NN)c(C)c2)c1. The molecule has 110 valence electrons. The van der Waals surface area contributed by atoms with Gasteiger partial charge in [-0.25, -0.2) is 4.39 Å². The zero-order chi connectivity index (χ0) is 15.4. The first-order valence-electron chi connectivity index (χ1n) is 6.27. The molecule has 0 aliphatic carbocycles. The Kier molecular flexibility index (Phi) is 4.39. The molecule has 0 spiro atoms. The molecule has 0 aliphatic rings. The number of hydrogen-bond acceptors (Lipinski definition) is 4. The predicted molar refractivity (Wildman–Crippen MR) is 79.9 cm³/mol. The van der Waals surface area contributed by atoms with Crippen molar-refractivity contribution < 1.29 is 13.9 Å². The van der Waals surface area contributed by atoms with Crippen molar-refractivity contribution in [1.29, 1.82) is 0 Å². The molecule has 0 bridgehead atoms. The summed E-state index contributed by atoms with van der Waals surface area (Å²) in [5.41, 5.74) is 4.54. The van der Waals surface area contributed by atoms with Crippen LogP contribution < -0.4 is 21.3 Å². The van der Waals surface area contributed by atoms with Crippen LogP contribution in [0.3, 0.4) is 0 Å². The molecule has 21 heavy (non-hydrogen) atoms. The van der Waals surface area contributed by atoms with E-state index < -0.39 is 11.7 Å². The third-order valence-corrected chi connectivity index (χ3v) is 3.07. The number of ether oxygens (including phenoxy) is 1. The van der Waals surface area contributed by atoms with Gasteiger partial charge in [-0.1, -0.05) is 0 Å². The quantitative estimate of drug-likeness (QED) is 0.597. The van der Waals surface area contributed by atoms with E-state index in [4.69, 9.17) is 10.6 Å². The van der Waals surface area contributed by atoms with Crippen LogP contribution in [0.4, 0.5) is 15.8 Å². The number of amides is 1. The molecule has 0 saturated heterocycles. The highest BCUT2D eigenvalue weighted by Crippen LogP contribution is 2.22. The monoisotopic (exact) mass is 289 g/mol. The highest BCUT2D eigenvalue weighted by atomic mass is 19.1. The molecule has 0 atom stereocenters. The van der Waals surface area contributed by atoms with E-state index in [0.717, 1.165) is 11.3 Å². The van der Waals surface area contributed by atoms with E-state index >= 15 is 0 Å². The summed E-state index contributed by atoms with van der Waals surface area (Å²) in [4.78, 5) is 12.1. The standard InChI is InChI=1S/C15H16FN3O2/c1-9-7-10(3-6-13(9)19-17)15(20)18-14-8-11(21-2)4-5-12(14)16/h3-8,19H,17H2,1-2H3,(H,18,20). The Bertz CT molecular complexity index is 674. The molecule has 0 aliphatic heterocycles. The van der Waals surface area contributed by atoms with E-state index in [2.05, 4.69) is 10.7 Å². The average Bonchev–Trinajstić information content (AvgIpc) is 2.49. The molecule has 6 heteroatoms. The van der Waals surface area contributed by atoms with E-state index in [0.29, 0.717) is 11.3 Å². The van der Waals surface area contributed by atoms with Crippen molar-refractivity contribution in [1.82, 2.24) is 0 Å². The Morgan fingerprint density at radius 3 is 2.57 bits per heavy atom. The predicted octanol–water partition coefficient (Wildman–Crippen LogP) is 2.68. The Hall–Kier alpha value is -2.60. The third kappa shape index (κ3) is 3.29. The van der Waals surface area contributed by atoms with Gasteiger partial charge < -0.3 is 15.5 Å². The highest BCUT2D eigenvalue weighted by molar-refractivity contribution is 6.04. The fourth-order valence-electron chi connectivity index (χ4n) is 1.89. The van der Waals surface area contributed by atoms with E-state index in [9.17, 15) is 9.18 Å². The van der Waals surface area contributed by atoms with Crippen molar-refractivity contribution in [2.24, 2.45) is 5.84 Å². The molecule has 5 nitrogen and oxygen atoms in total. The molecule has 0 aromatic heterocycles. The van der Waals surface area contributed by atoms with E-state index in [1.165, 1.54) is 25.3 Å². The lowest BCUT2D eigenvalue weighted by Crippen LogP contribution is -2.14. The largest absolute Gasteiger partial charge is 0.497 e. The van der Waals surface area contributed by atoms with Crippen LogP contribution in [-0.2, 0) is 0 Å². The third-order valence-electron chi connectivity index (χ3n) is 3.07. The number of carbonyl (C=O) groups excluding carboxylic acids is 1. The summed E-state index contributed by atoms with van der Waals surface area (Å²) < 4.78 is 18.7. The summed E-state index contributed by atoms with van der Waals surface area (Å²) in [7, 11) is 1.47. The fraction of sp³-hybridized carbons (Fsp3) is 0.133. The second-order valence-corrected chi connectivity index (χ2v) is 4.47. The van der Waals surface area contributed by atoms with Crippen LogP contribution >= 0.6 is 0 Å². The number of nitrogens with two attached hydrogens (primary N) is 1. The molecule has 0 radical (unpaired) electrons. The first-order chi connectivity index (χ1) is 10.0. The van der Waals surface area contributed by atoms with Crippen LogP contribution in [0.25, 0.3) is 0 Å². The van der Waals surface area contributed by atoms with Crippen molar-refractivity contribution in [2.45, 2.75) is 6.92 Å². The summed E-state index contributed by atoms with van der Waals surface area (Å²) in [6.45, 7) is 1.82. The number of nitrogen functional groups attached to an aromatic ring is 1. The first kappa shape index (κ1) is 14.8. The van der Waals surface area contributed by atoms with Crippen molar-refractivity contribution in [3.8, 4) is 5.75 Å². The van der Waals surface area contributed by atoms with Gasteiger partial charge in [0.25, 0.3) is 5.91 Å². The number of anilines is 2. The van der Waals surface area contributed by atoms with Gasteiger partial charge in [-0.3, -0.25) is 10.6 Å². The number of rotatable bonds is 4. The average molecular weight is 289 g/mol. The summed E-state index contributed by atoms with van der Waals surface area (Å²) in [5.74, 6) is 4.87. The molecule has 2 rings (SSSR count). The van der Waals surface area contributed by atoms with Crippen LogP contribution in [0.2, 0.25) is 0 Å². The minimum atomic E-state index is -0.527. The molecular weight excluding hydrogens is 273 g/mol. The van der Waals surface area contributed by atoms with Gasteiger partial charge in [0.05, 0.1) is 18.5 Å². The van der Waals surface area contributed by atoms with Gasteiger partial charge in [0.15, 0.2) is 0 Å². The van der Waals surface area contributed by atoms with Crippen LogP contribution in [0.5, 0.6) is 5.75 Å². The second-order valence-electron chi connectivity index (χ2n) is 4.47. The number of carbonyl (C=O) groups is 1. The highest BCUT2D eigenvalue weighted by Gasteiger charge is 2.11. The number of benzene rings is 2. The lowest BCUT2D eigenvalue weighted by atomic mass is 10.1. The van der Waals surface area contributed by atoms with E-state index in [1.54, 1.807) is 18.2 Å². The van der Waals surface area contributed by atoms with Crippen LogP contribution in [0.1, 0.15) is 15.9 Å². The van der Waals surface area contributed by atoms with Crippen molar-refractivity contribution in [3.05, 3.63) is 53.3 Å². The smallest absolute Gasteiger partial charge is 0.255 e. The summed E-state index contributed by atoms with van der Waals surface area (Å²) >= 11 is 0. The zero-order valence-corrected chi connectivity index (χ0v) is 11.7. The Morgan fingerprint density at radius 2 is 1.95 bits per heavy atom. The van der Waals surface area contributed by atoms with E-state index in [1.807, 2.05) is 6.92 Å². The molecule has 0 heterocycles. The molecule has 2 aromatic carbocycles. The van der Waals surface area contributed by atoms with E-state index in [-0.39, 0.29) is 5.69 Å². The van der Waals surface area contributed by atoms with Gasteiger partial charge in [-0.15, -0.1) is 0 Å². The molecule has 0 unspecified atom stereocenters. The van der Waals surface area contributed by atoms with Gasteiger partial charge in [-0.2, -0.15) is 0 Å². The Balaban J connectivity index is 2.23. The molecule has 0 fully saturated rings. The first-order valence-corrected chi connectivity index (χ1v) is 6.27. The number of nitrogens with one attached hydrogen (secondary N) is 2. The molecule has 1 amide bonds. The zero-order valence-electron chi connectivity index (χ0n) is 11.7. The minimum Gasteiger partial charge on any atom is -0.497 e. The second kappa shape index (κ2) is 6.23. The maximum absolute atomic E-state index is 13.7. The van der Waals surface area contributed by atoms with Gasteiger partial charge in [-0.05, 0) is 42.8 Å². The van der Waals surface area contributed by atoms with Gasteiger partial charge in [0, 0.05) is 11.6 Å². The molecule has 2 aromatic rings. The number of aryl methyl sites for hydroxylation is 1. The number of halogens is 1. The summed E-state index contributed by atoms with van der Waals surface area (Å²) in [6, 6.07) is 9.11. The Labute approximate surface area is 121 Å². The number of methoxy groups -OCH3 is 1. The molecule has 0 saturated carbocycles. The maximum atomic E-state index is 13.7. The van der Waals surface area contributed by atoms with Crippen LogP contribution in [0, 0.1) is 12.7 Å². The summed E-state index contributed by atoms with van der Waals surface area (Å²) in [6.07, 6.45) is 0. The lowest BCUT2D eigenvalue weighted by molar-refractivity contribution is 0.102. The van der Waals surface area contributed by atoms with Gasteiger partial charge >= 0.3 is 0 Å². The van der Waals surface area contributed by atoms with Gasteiger partial charge in [0.2, 0.25) is 0 Å². The topological polar surface area (TPSA) is 76.4 Å². The normalized spacial score (nSPS) is 10.1. The van der Waals surface area contributed by atoms with Crippen molar-refractivity contribution in [2.75, 3.05) is 17.9 Å². The van der Waals surface area contributed by atoms with Crippen LogP contribution in [0.15, 0.2) is 36.4 Å². The number of hydrazine groups is 1. The maximum Gasteiger partial charge on any atom is 0.255 e. The van der Waals surface area contributed by atoms with Crippen LogP contribution in [-0.4, -0.2) is 13.0 Å². The fourth-order valence-corrected chi connectivity index (χ4v) is 1.89. The number of hydrogen-bond donors (Lipinski definition) is 3. The lowest BCUT2D eigenvalue weighted by Gasteiger charge is -2.10.